The molecule has 2 aromatic carbocycles. The van der Waals surface area contributed by atoms with E-state index in [0.717, 1.165) is 17.0 Å². The number of carbonyl (C=O) groups is 2. The van der Waals surface area contributed by atoms with E-state index in [9.17, 15) is 9.59 Å². The van der Waals surface area contributed by atoms with Gasteiger partial charge in [0, 0.05) is 44.9 Å². The minimum atomic E-state index is -1.03. The number of piperidine rings is 1. The number of anilines is 2. The molecule has 2 aliphatic rings. The van der Waals surface area contributed by atoms with Gasteiger partial charge in [-0.15, -0.1) is 0 Å². The first-order chi connectivity index (χ1) is 18.1. The average molecular weight is 494 g/mol. The third kappa shape index (κ3) is 3.97. The van der Waals surface area contributed by atoms with Gasteiger partial charge < -0.3 is 4.57 Å². The Morgan fingerprint density at radius 3 is 2.14 bits per heavy atom. The topological polar surface area (TPSA) is 87.5 Å². The molecule has 0 saturated carbocycles. The lowest BCUT2D eigenvalue weighted by atomic mass is 9.86. The van der Waals surface area contributed by atoms with Crippen LogP contribution in [-0.2, 0) is 18.4 Å². The Morgan fingerprint density at radius 1 is 0.811 bits per heavy atom. The number of hydrogen-bond donors (Lipinski definition) is 0. The van der Waals surface area contributed by atoms with Gasteiger partial charge >= 0.3 is 6.03 Å². The molecule has 0 radical (unpaired) electrons. The third-order valence-electron chi connectivity index (χ3n) is 7.37. The smallest absolute Gasteiger partial charge is 0.337 e. The first kappa shape index (κ1) is 23.1. The molecule has 186 valence electrons. The number of benzene rings is 2. The van der Waals surface area contributed by atoms with Crippen LogP contribution >= 0.6 is 0 Å². The standard InChI is InChI=1S/C28H27N7O2/c1-32-19-16-29-24(32)20-33-17-12-28(13-18-33)25(36)34(27(37)35(28)26-30-14-5-15-31-26)23-10-8-22(9-11-23)21-6-3-2-4-7-21/h2-11,14-16,19H,12-13,17-18,20H2,1H3. The lowest BCUT2D eigenvalue weighted by Crippen LogP contribution is -2.57. The molecule has 0 unspecified atom stereocenters. The molecule has 2 aliphatic heterocycles. The number of aromatic nitrogens is 4. The van der Waals surface area contributed by atoms with Crippen molar-refractivity contribution in [2.45, 2.75) is 24.9 Å². The minimum Gasteiger partial charge on any atom is -0.337 e. The van der Waals surface area contributed by atoms with Crippen LogP contribution < -0.4 is 9.80 Å². The summed E-state index contributed by atoms with van der Waals surface area (Å²) in [6.07, 6.45) is 7.88. The molecule has 9 nitrogen and oxygen atoms in total. The number of nitrogens with zero attached hydrogens (tertiary/aromatic N) is 7. The number of hydrogen-bond acceptors (Lipinski definition) is 6. The zero-order valence-corrected chi connectivity index (χ0v) is 20.6. The molecular weight excluding hydrogens is 466 g/mol. The Balaban J connectivity index is 1.31. The Labute approximate surface area is 215 Å². The summed E-state index contributed by atoms with van der Waals surface area (Å²) in [6.45, 7) is 1.99. The molecule has 6 rings (SSSR count). The third-order valence-corrected chi connectivity index (χ3v) is 7.37. The van der Waals surface area contributed by atoms with Gasteiger partial charge in [-0.1, -0.05) is 42.5 Å². The van der Waals surface area contributed by atoms with Crippen molar-refractivity contribution in [2.24, 2.45) is 7.05 Å². The zero-order valence-electron chi connectivity index (χ0n) is 20.6. The van der Waals surface area contributed by atoms with Crippen molar-refractivity contribution in [3.05, 3.63) is 91.3 Å². The molecular formula is C28H27N7O2. The summed E-state index contributed by atoms with van der Waals surface area (Å²) in [6, 6.07) is 18.8. The van der Waals surface area contributed by atoms with Gasteiger partial charge in [0.25, 0.3) is 5.91 Å². The van der Waals surface area contributed by atoms with Crippen LogP contribution in [0.4, 0.5) is 16.4 Å². The van der Waals surface area contributed by atoms with E-state index >= 15 is 0 Å². The van der Waals surface area contributed by atoms with Crippen molar-refractivity contribution in [3.63, 3.8) is 0 Å². The molecule has 1 spiro atoms. The number of rotatable bonds is 5. The number of carbonyl (C=O) groups excluding carboxylic acids is 2. The van der Waals surface area contributed by atoms with E-state index in [0.29, 0.717) is 38.2 Å². The molecule has 37 heavy (non-hydrogen) atoms. The van der Waals surface area contributed by atoms with Gasteiger partial charge in [-0.05, 0) is 42.2 Å². The maximum atomic E-state index is 14.1. The zero-order chi connectivity index (χ0) is 25.4. The summed E-state index contributed by atoms with van der Waals surface area (Å²) in [4.78, 5) is 46.2. The van der Waals surface area contributed by atoms with Crippen molar-refractivity contribution >= 4 is 23.6 Å². The molecule has 2 fully saturated rings. The molecule has 0 aliphatic carbocycles. The highest BCUT2D eigenvalue weighted by Crippen LogP contribution is 2.41. The molecule has 4 aromatic rings. The predicted molar refractivity (Wildman–Crippen MR) is 140 cm³/mol. The highest BCUT2D eigenvalue weighted by Gasteiger charge is 2.60. The summed E-state index contributed by atoms with van der Waals surface area (Å²) in [7, 11) is 1.97. The van der Waals surface area contributed by atoms with Gasteiger partial charge in [0.2, 0.25) is 5.95 Å². The Kier molecular flexibility index (Phi) is 5.77. The van der Waals surface area contributed by atoms with Gasteiger partial charge in [-0.3, -0.25) is 9.69 Å². The maximum Gasteiger partial charge on any atom is 0.339 e. The molecule has 0 atom stereocenters. The fraction of sp³-hybridized carbons (Fsp3) is 0.250. The number of likely N-dealkylation sites (tertiary alicyclic amines) is 1. The van der Waals surface area contributed by atoms with Crippen LogP contribution in [0, 0.1) is 0 Å². The van der Waals surface area contributed by atoms with Crippen LogP contribution in [0.1, 0.15) is 18.7 Å². The summed E-state index contributed by atoms with van der Waals surface area (Å²) in [5, 5.41) is 0. The molecule has 2 saturated heterocycles. The largest absolute Gasteiger partial charge is 0.339 e. The van der Waals surface area contributed by atoms with Gasteiger partial charge in [0.05, 0.1) is 12.2 Å². The van der Waals surface area contributed by atoms with Gasteiger partial charge in [-0.2, -0.15) is 0 Å². The van der Waals surface area contributed by atoms with Crippen molar-refractivity contribution in [2.75, 3.05) is 22.9 Å². The van der Waals surface area contributed by atoms with Crippen LogP contribution in [0.5, 0.6) is 0 Å². The van der Waals surface area contributed by atoms with Crippen molar-refractivity contribution < 1.29 is 9.59 Å². The first-order valence-corrected chi connectivity index (χ1v) is 12.4. The Morgan fingerprint density at radius 2 is 1.49 bits per heavy atom. The van der Waals surface area contributed by atoms with E-state index in [1.807, 2.05) is 72.4 Å². The predicted octanol–water partition coefficient (Wildman–Crippen LogP) is 3.89. The Bertz CT molecular complexity index is 1410. The second-order valence-electron chi connectivity index (χ2n) is 9.48. The summed E-state index contributed by atoms with van der Waals surface area (Å²) in [5.41, 5.74) is 1.60. The number of amides is 3. The van der Waals surface area contributed by atoms with E-state index in [-0.39, 0.29) is 11.9 Å². The highest BCUT2D eigenvalue weighted by atomic mass is 16.2. The molecule has 0 N–H and O–H groups in total. The summed E-state index contributed by atoms with van der Waals surface area (Å²) >= 11 is 0. The molecule has 9 heteroatoms. The van der Waals surface area contributed by atoms with Crippen molar-refractivity contribution in [3.8, 4) is 11.1 Å². The number of imidazole rings is 1. The monoisotopic (exact) mass is 493 g/mol. The molecule has 4 heterocycles. The van der Waals surface area contributed by atoms with E-state index in [1.165, 1.54) is 9.80 Å². The van der Waals surface area contributed by atoms with Crippen molar-refractivity contribution in [1.29, 1.82) is 0 Å². The Hall–Kier alpha value is -4.37. The maximum absolute atomic E-state index is 14.1. The summed E-state index contributed by atoms with van der Waals surface area (Å²) in [5.74, 6) is 0.990. The van der Waals surface area contributed by atoms with Gasteiger partial charge in [0.15, 0.2) is 0 Å². The summed E-state index contributed by atoms with van der Waals surface area (Å²) < 4.78 is 2.00. The van der Waals surface area contributed by atoms with Crippen LogP contribution in [0.25, 0.3) is 11.1 Å². The fourth-order valence-corrected chi connectivity index (χ4v) is 5.29. The van der Waals surface area contributed by atoms with Gasteiger partial charge in [-0.25, -0.2) is 29.5 Å². The number of aryl methyl sites for hydroxylation is 1. The second kappa shape index (κ2) is 9.25. The van der Waals surface area contributed by atoms with Crippen LogP contribution in [0.15, 0.2) is 85.5 Å². The molecule has 2 aromatic heterocycles. The van der Waals surface area contributed by atoms with E-state index in [2.05, 4.69) is 19.9 Å². The van der Waals surface area contributed by atoms with Crippen molar-refractivity contribution in [1.82, 2.24) is 24.4 Å². The quantitative estimate of drug-likeness (QED) is 0.392. The van der Waals surface area contributed by atoms with Crippen LogP contribution in [-0.4, -0.2) is 55.0 Å². The lowest BCUT2D eigenvalue weighted by molar-refractivity contribution is -0.123. The van der Waals surface area contributed by atoms with E-state index in [4.69, 9.17) is 0 Å². The van der Waals surface area contributed by atoms with E-state index in [1.54, 1.807) is 24.7 Å². The fourth-order valence-electron chi connectivity index (χ4n) is 5.29. The normalized spacial score (nSPS) is 17.6. The molecule has 3 amide bonds. The number of imide groups is 1. The van der Waals surface area contributed by atoms with Crippen LogP contribution in [0.2, 0.25) is 0 Å². The van der Waals surface area contributed by atoms with E-state index < -0.39 is 11.6 Å². The number of urea groups is 1. The molecule has 0 bridgehead atoms. The first-order valence-electron chi connectivity index (χ1n) is 12.4. The lowest BCUT2D eigenvalue weighted by Gasteiger charge is -2.41. The van der Waals surface area contributed by atoms with Crippen LogP contribution in [0.3, 0.4) is 0 Å². The highest BCUT2D eigenvalue weighted by molar-refractivity contribution is 6.30. The average Bonchev–Trinajstić information content (AvgIpc) is 3.43. The minimum absolute atomic E-state index is 0.228. The SMILES string of the molecule is Cn1ccnc1CN1CCC2(CC1)C(=O)N(c1ccc(-c3ccccc3)cc1)C(=O)N2c1ncccn1. The van der Waals surface area contributed by atoms with Gasteiger partial charge in [0.1, 0.15) is 11.4 Å². The second-order valence-corrected chi connectivity index (χ2v) is 9.48.